The lowest BCUT2D eigenvalue weighted by molar-refractivity contribution is -0.114. The van der Waals surface area contributed by atoms with E-state index in [1.54, 1.807) is 36.4 Å². The SMILES string of the molecule is CCS(=O)(=O)C1=NN2C(=N)/C(=C/c3ccc(OCCOc4ccc(Cl)c(C)c4)cc3)C(=O)N=C2S1. The average molecular weight is 533 g/mol. The highest BCUT2D eigenvalue weighted by molar-refractivity contribution is 8.42. The summed E-state index contributed by atoms with van der Waals surface area (Å²) in [5.74, 6) is 0.328. The lowest BCUT2D eigenvalue weighted by Crippen LogP contribution is -2.35. The molecule has 0 spiro atoms. The van der Waals surface area contributed by atoms with E-state index in [0.717, 1.165) is 22.3 Å². The maximum Gasteiger partial charge on any atom is 0.283 e. The second-order valence-electron chi connectivity index (χ2n) is 7.47. The van der Waals surface area contributed by atoms with Crippen LogP contribution in [0, 0.1) is 12.3 Å². The van der Waals surface area contributed by atoms with E-state index in [1.165, 1.54) is 13.0 Å². The molecule has 0 saturated carbocycles. The predicted octanol–water partition coefficient (Wildman–Crippen LogP) is 4.12. The van der Waals surface area contributed by atoms with Crippen LogP contribution in [0.3, 0.4) is 0 Å². The summed E-state index contributed by atoms with van der Waals surface area (Å²) in [6.07, 6.45) is 1.51. The van der Waals surface area contributed by atoms with Gasteiger partial charge in [-0.1, -0.05) is 30.7 Å². The van der Waals surface area contributed by atoms with Crippen molar-refractivity contribution in [3.05, 3.63) is 64.2 Å². The number of hydrogen-bond donors (Lipinski definition) is 1. The van der Waals surface area contributed by atoms with Crippen LogP contribution in [0.25, 0.3) is 6.08 Å². The van der Waals surface area contributed by atoms with Gasteiger partial charge in [-0.05, 0) is 66.2 Å². The second-order valence-corrected chi connectivity index (χ2v) is 11.3. The normalized spacial score (nSPS) is 16.8. The summed E-state index contributed by atoms with van der Waals surface area (Å²) in [5.41, 5.74) is 1.59. The van der Waals surface area contributed by atoms with Crippen molar-refractivity contribution in [1.82, 2.24) is 5.01 Å². The minimum atomic E-state index is -3.57. The van der Waals surface area contributed by atoms with Crippen molar-refractivity contribution >= 4 is 60.6 Å². The lowest BCUT2D eigenvalue weighted by atomic mass is 10.1. The molecule has 0 radical (unpaired) electrons. The molecule has 0 unspecified atom stereocenters. The number of rotatable bonds is 7. The quantitative estimate of drug-likeness (QED) is 0.420. The van der Waals surface area contributed by atoms with Gasteiger partial charge in [0.25, 0.3) is 5.91 Å². The van der Waals surface area contributed by atoms with Crippen molar-refractivity contribution in [1.29, 1.82) is 5.41 Å². The van der Waals surface area contributed by atoms with E-state index in [-0.39, 0.29) is 26.7 Å². The Kier molecular flexibility index (Phi) is 7.29. The number of aryl methyl sites for hydroxylation is 1. The van der Waals surface area contributed by atoms with Crippen LogP contribution in [0.1, 0.15) is 18.1 Å². The van der Waals surface area contributed by atoms with Crippen LogP contribution < -0.4 is 9.47 Å². The summed E-state index contributed by atoms with van der Waals surface area (Å²) in [7, 11) is -3.57. The number of sulfone groups is 1. The molecule has 12 heteroatoms. The number of amidine groups is 2. The molecule has 0 saturated heterocycles. The predicted molar refractivity (Wildman–Crippen MR) is 138 cm³/mol. The summed E-state index contributed by atoms with van der Waals surface area (Å²) in [5, 5.41) is 14.1. The van der Waals surface area contributed by atoms with Crippen molar-refractivity contribution in [2.24, 2.45) is 10.1 Å². The Morgan fingerprint density at radius 2 is 1.77 bits per heavy atom. The first-order valence-electron chi connectivity index (χ1n) is 10.5. The van der Waals surface area contributed by atoms with Gasteiger partial charge < -0.3 is 9.47 Å². The molecule has 2 heterocycles. The van der Waals surface area contributed by atoms with Crippen molar-refractivity contribution in [3.63, 3.8) is 0 Å². The summed E-state index contributed by atoms with van der Waals surface area (Å²) >= 11 is 6.78. The van der Waals surface area contributed by atoms with Gasteiger partial charge in [0.05, 0.1) is 11.3 Å². The van der Waals surface area contributed by atoms with E-state index in [4.69, 9.17) is 26.5 Å². The molecule has 2 aliphatic rings. The van der Waals surface area contributed by atoms with E-state index >= 15 is 0 Å². The van der Waals surface area contributed by atoms with Gasteiger partial charge >= 0.3 is 0 Å². The minimum absolute atomic E-state index is 0.00794. The summed E-state index contributed by atoms with van der Waals surface area (Å²) in [6.45, 7) is 4.08. The number of ether oxygens (including phenoxy) is 2. The van der Waals surface area contributed by atoms with Crippen LogP contribution in [0.2, 0.25) is 5.02 Å². The summed E-state index contributed by atoms with van der Waals surface area (Å²) in [4.78, 5) is 16.4. The smallest absolute Gasteiger partial charge is 0.283 e. The third kappa shape index (κ3) is 5.58. The van der Waals surface area contributed by atoms with Crippen molar-refractivity contribution < 1.29 is 22.7 Å². The number of fused-ring (bicyclic) bond motifs is 1. The van der Waals surface area contributed by atoms with Crippen molar-refractivity contribution in [2.45, 2.75) is 13.8 Å². The highest BCUT2D eigenvalue weighted by atomic mass is 35.5. The number of hydrogen-bond acceptors (Lipinski definition) is 8. The Balaban J connectivity index is 1.38. The van der Waals surface area contributed by atoms with Gasteiger partial charge in [-0.15, -0.1) is 5.10 Å². The van der Waals surface area contributed by atoms with Crippen LogP contribution in [0.4, 0.5) is 0 Å². The fourth-order valence-corrected chi connectivity index (χ4v) is 5.36. The minimum Gasteiger partial charge on any atom is -0.490 e. The number of carbonyl (C=O) groups excluding carboxylic acids is 1. The molecule has 9 nitrogen and oxygen atoms in total. The van der Waals surface area contributed by atoms with Gasteiger partial charge in [-0.25, -0.2) is 8.42 Å². The summed E-state index contributed by atoms with van der Waals surface area (Å²) in [6, 6.07) is 12.4. The maximum atomic E-state index is 12.5. The third-order valence-electron chi connectivity index (χ3n) is 5.02. The zero-order valence-electron chi connectivity index (χ0n) is 18.8. The van der Waals surface area contributed by atoms with Crippen LogP contribution in [0.5, 0.6) is 11.5 Å². The fourth-order valence-electron chi connectivity index (χ4n) is 3.08. The number of amides is 1. The molecule has 0 bridgehead atoms. The van der Waals surface area contributed by atoms with Crippen LogP contribution >= 0.6 is 23.4 Å². The van der Waals surface area contributed by atoms with Gasteiger partial charge in [0.15, 0.2) is 5.84 Å². The molecule has 0 atom stereocenters. The molecule has 4 rings (SSSR count). The lowest BCUT2D eigenvalue weighted by Gasteiger charge is -2.20. The molecule has 2 aromatic carbocycles. The van der Waals surface area contributed by atoms with Gasteiger partial charge in [-0.3, -0.25) is 10.2 Å². The Hall–Kier alpha value is -3.15. The third-order valence-corrected chi connectivity index (χ3v) is 8.54. The zero-order valence-corrected chi connectivity index (χ0v) is 21.2. The second kappa shape index (κ2) is 10.2. The molecule has 35 heavy (non-hydrogen) atoms. The molecular formula is C23H21ClN4O5S2. The van der Waals surface area contributed by atoms with Crippen LogP contribution in [0.15, 0.2) is 58.1 Å². The molecule has 1 amide bonds. The van der Waals surface area contributed by atoms with Gasteiger partial charge in [0, 0.05) is 5.02 Å². The number of halogens is 1. The monoisotopic (exact) mass is 532 g/mol. The number of aliphatic imine (C=N–C) groups is 1. The molecule has 2 aliphatic heterocycles. The number of nitrogens with zero attached hydrogens (tertiary/aromatic N) is 3. The standard InChI is InChI=1S/C23H21ClN4O5S2/c1-3-35(30,31)23-27-28-20(25)18(21(29)26-22(28)34-23)13-15-4-6-16(7-5-15)32-10-11-33-17-8-9-19(24)14(2)12-17/h4-9,12-13,25H,3,10-11H2,1-2H3/b18-13-,25-20?. The number of benzene rings is 2. The summed E-state index contributed by atoms with van der Waals surface area (Å²) < 4.78 is 35.4. The van der Waals surface area contributed by atoms with Gasteiger partial charge in [0.2, 0.25) is 19.4 Å². The first-order chi connectivity index (χ1) is 16.7. The number of thioether (sulfide) groups is 1. The van der Waals surface area contributed by atoms with E-state index in [9.17, 15) is 13.2 Å². The highest BCUT2D eigenvalue weighted by Gasteiger charge is 2.39. The molecule has 0 aliphatic carbocycles. The molecular weight excluding hydrogens is 512 g/mol. The molecule has 182 valence electrons. The maximum absolute atomic E-state index is 12.5. The first-order valence-corrected chi connectivity index (χ1v) is 13.4. The number of carbonyl (C=O) groups is 1. The zero-order chi connectivity index (χ0) is 25.2. The van der Waals surface area contributed by atoms with Crippen LogP contribution in [-0.2, 0) is 14.6 Å². The van der Waals surface area contributed by atoms with E-state index in [2.05, 4.69) is 10.1 Å². The Morgan fingerprint density at radius 3 is 2.43 bits per heavy atom. The van der Waals surface area contributed by atoms with E-state index < -0.39 is 15.7 Å². The molecule has 1 N–H and O–H groups in total. The number of hydrazone groups is 1. The topological polar surface area (TPSA) is 121 Å². The Morgan fingerprint density at radius 1 is 1.11 bits per heavy atom. The fraction of sp³-hybridized carbons (Fsp3) is 0.217. The van der Waals surface area contributed by atoms with Crippen molar-refractivity contribution in [3.8, 4) is 11.5 Å². The Bertz CT molecular complexity index is 1390. The van der Waals surface area contributed by atoms with Gasteiger partial charge in [-0.2, -0.15) is 10.0 Å². The van der Waals surface area contributed by atoms with E-state index in [0.29, 0.717) is 35.3 Å². The molecule has 0 fully saturated rings. The largest absolute Gasteiger partial charge is 0.490 e. The van der Waals surface area contributed by atoms with E-state index in [1.807, 2.05) is 13.0 Å². The Labute approximate surface area is 211 Å². The first kappa shape index (κ1) is 25.0. The number of nitrogens with one attached hydrogen (secondary N) is 1. The van der Waals surface area contributed by atoms with Gasteiger partial charge in [0.1, 0.15) is 24.7 Å². The van der Waals surface area contributed by atoms with Crippen LogP contribution in [-0.4, -0.2) is 53.7 Å². The molecule has 2 aromatic rings. The molecule has 0 aromatic heterocycles. The average Bonchev–Trinajstić information content (AvgIpc) is 3.28. The highest BCUT2D eigenvalue weighted by Crippen LogP contribution is 2.30. The van der Waals surface area contributed by atoms with Crippen molar-refractivity contribution in [2.75, 3.05) is 19.0 Å².